The molecule has 1 heterocycles. The smallest absolute Gasteiger partial charge is 0.257 e. The Morgan fingerprint density at radius 2 is 1.71 bits per heavy atom. The highest BCUT2D eigenvalue weighted by molar-refractivity contribution is 5.98. The highest BCUT2D eigenvalue weighted by atomic mass is 16.2. The summed E-state index contributed by atoms with van der Waals surface area (Å²) >= 11 is 0. The minimum atomic E-state index is 0.00120. The lowest BCUT2D eigenvalue weighted by Crippen LogP contribution is -2.34. The Balaban J connectivity index is 2.86. The summed E-state index contributed by atoms with van der Waals surface area (Å²) in [6, 6.07) is 1.76. The van der Waals surface area contributed by atoms with Crippen molar-refractivity contribution in [3.8, 4) is 0 Å². The summed E-state index contributed by atoms with van der Waals surface area (Å²) < 4.78 is 0. The molecule has 21 heavy (non-hydrogen) atoms. The number of nitrogens with zero attached hydrogens (tertiary/aromatic N) is 2. The van der Waals surface area contributed by atoms with Crippen LogP contribution in [0.15, 0.2) is 12.3 Å². The summed E-state index contributed by atoms with van der Waals surface area (Å²) in [5.74, 6) is 1.15. The SMILES string of the molecule is Cc1cc(N)c(C(=O)N(CCC(C)C)CCC(C)C)cn1. The number of carbonyl (C=O) groups is 1. The number of hydrogen-bond acceptors (Lipinski definition) is 3. The lowest BCUT2D eigenvalue weighted by Gasteiger charge is -2.25. The van der Waals surface area contributed by atoms with Crippen LogP contribution in [-0.2, 0) is 0 Å². The van der Waals surface area contributed by atoms with Gasteiger partial charge in [-0.3, -0.25) is 9.78 Å². The molecule has 1 rings (SSSR count). The van der Waals surface area contributed by atoms with Crippen molar-refractivity contribution in [1.29, 1.82) is 0 Å². The summed E-state index contributed by atoms with van der Waals surface area (Å²) in [5, 5.41) is 0. The van der Waals surface area contributed by atoms with E-state index in [1.807, 2.05) is 11.8 Å². The number of nitrogen functional groups attached to an aromatic ring is 1. The van der Waals surface area contributed by atoms with Crippen molar-refractivity contribution in [2.45, 2.75) is 47.5 Å². The molecule has 0 aromatic carbocycles. The van der Waals surface area contributed by atoms with E-state index in [0.29, 0.717) is 23.1 Å². The van der Waals surface area contributed by atoms with Crippen molar-refractivity contribution >= 4 is 11.6 Å². The third-order valence-corrected chi connectivity index (χ3v) is 3.54. The minimum absolute atomic E-state index is 0.00120. The number of nitrogens with two attached hydrogens (primary N) is 1. The van der Waals surface area contributed by atoms with E-state index in [1.165, 1.54) is 0 Å². The second kappa shape index (κ2) is 8.01. The fourth-order valence-electron chi connectivity index (χ4n) is 2.07. The first-order valence-electron chi connectivity index (χ1n) is 7.82. The molecule has 4 heteroatoms. The van der Waals surface area contributed by atoms with Gasteiger partial charge in [0.1, 0.15) is 0 Å². The van der Waals surface area contributed by atoms with Crippen molar-refractivity contribution < 1.29 is 4.79 Å². The highest BCUT2D eigenvalue weighted by Crippen LogP contribution is 2.16. The zero-order chi connectivity index (χ0) is 16.0. The zero-order valence-corrected chi connectivity index (χ0v) is 14.0. The molecular weight excluding hydrogens is 262 g/mol. The summed E-state index contributed by atoms with van der Waals surface area (Å²) in [4.78, 5) is 18.8. The van der Waals surface area contributed by atoms with Crippen LogP contribution in [0, 0.1) is 18.8 Å². The van der Waals surface area contributed by atoms with E-state index in [4.69, 9.17) is 5.73 Å². The Morgan fingerprint density at radius 3 is 2.14 bits per heavy atom. The molecule has 0 spiro atoms. The second-order valence-electron chi connectivity index (χ2n) is 6.57. The summed E-state index contributed by atoms with van der Waals surface area (Å²) in [5.41, 5.74) is 7.86. The number of anilines is 1. The fraction of sp³-hybridized carbons (Fsp3) is 0.647. The Hall–Kier alpha value is -1.58. The number of pyridine rings is 1. The number of rotatable bonds is 7. The van der Waals surface area contributed by atoms with E-state index < -0.39 is 0 Å². The van der Waals surface area contributed by atoms with Crippen LogP contribution in [-0.4, -0.2) is 28.9 Å². The molecule has 0 unspecified atom stereocenters. The molecule has 0 aliphatic heterocycles. The van der Waals surface area contributed by atoms with Gasteiger partial charge in [0.2, 0.25) is 0 Å². The molecule has 0 aliphatic carbocycles. The molecule has 1 aromatic rings. The number of carbonyl (C=O) groups excluding carboxylic acids is 1. The number of amides is 1. The summed E-state index contributed by atoms with van der Waals surface area (Å²) in [6.45, 7) is 12.1. The van der Waals surface area contributed by atoms with Gasteiger partial charge in [-0.2, -0.15) is 0 Å². The van der Waals surface area contributed by atoms with Crippen LogP contribution in [0.1, 0.15) is 56.6 Å². The molecular formula is C17H29N3O. The van der Waals surface area contributed by atoms with Crippen molar-refractivity contribution in [2.24, 2.45) is 11.8 Å². The molecule has 0 aliphatic rings. The van der Waals surface area contributed by atoms with Gasteiger partial charge in [-0.25, -0.2) is 0 Å². The van der Waals surface area contributed by atoms with Gasteiger partial charge >= 0.3 is 0 Å². The van der Waals surface area contributed by atoms with Gasteiger partial charge < -0.3 is 10.6 Å². The van der Waals surface area contributed by atoms with Gasteiger partial charge in [0, 0.05) is 30.7 Å². The molecule has 0 bridgehead atoms. The quantitative estimate of drug-likeness (QED) is 0.836. The van der Waals surface area contributed by atoms with Crippen molar-refractivity contribution in [3.63, 3.8) is 0 Å². The van der Waals surface area contributed by atoms with Crippen LogP contribution in [0.25, 0.3) is 0 Å². The van der Waals surface area contributed by atoms with Crippen LogP contribution in [0.3, 0.4) is 0 Å². The van der Waals surface area contributed by atoms with Crippen LogP contribution in [0.2, 0.25) is 0 Å². The first-order chi connectivity index (χ1) is 9.81. The van der Waals surface area contributed by atoms with Crippen molar-refractivity contribution in [2.75, 3.05) is 18.8 Å². The van der Waals surface area contributed by atoms with Crippen LogP contribution in [0.4, 0.5) is 5.69 Å². The maximum Gasteiger partial charge on any atom is 0.257 e. The number of aromatic nitrogens is 1. The molecule has 0 saturated heterocycles. The van der Waals surface area contributed by atoms with Gasteiger partial charge in [-0.05, 0) is 37.7 Å². The van der Waals surface area contributed by atoms with E-state index in [1.54, 1.807) is 12.3 Å². The standard InChI is InChI=1S/C17H29N3O/c1-12(2)6-8-20(9-7-13(3)4)17(21)15-11-19-14(5)10-16(15)18/h10-13H,6-9H2,1-5H3,(H2,18,19). The molecule has 4 nitrogen and oxygen atoms in total. The summed E-state index contributed by atoms with van der Waals surface area (Å²) in [6.07, 6.45) is 3.61. The molecule has 1 aromatic heterocycles. The normalized spacial score (nSPS) is 11.2. The number of aryl methyl sites for hydroxylation is 1. The van der Waals surface area contributed by atoms with E-state index >= 15 is 0 Å². The monoisotopic (exact) mass is 291 g/mol. The average Bonchev–Trinajstić information content (AvgIpc) is 2.37. The van der Waals surface area contributed by atoms with Crippen LogP contribution >= 0.6 is 0 Å². The molecule has 1 amide bonds. The van der Waals surface area contributed by atoms with Gasteiger partial charge in [0.25, 0.3) is 5.91 Å². The first-order valence-corrected chi connectivity index (χ1v) is 7.82. The molecule has 0 fully saturated rings. The Morgan fingerprint density at radius 1 is 1.19 bits per heavy atom. The van der Waals surface area contributed by atoms with E-state index in [2.05, 4.69) is 32.7 Å². The van der Waals surface area contributed by atoms with Gasteiger partial charge in [-0.1, -0.05) is 27.7 Å². The van der Waals surface area contributed by atoms with Crippen LogP contribution in [0.5, 0.6) is 0 Å². The Kier molecular flexibility index (Phi) is 6.66. The molecule has 0 saturated carbocycles. The molecule has 0 radical (unpaired) electrons. The minimum Gasteiger partial charge on any atom is -0.398 e. The third kappa shape index (κ3) is 5.74. The van der Waals surface area contributed by atoms with Crippen LogP contribution < -0.4 is 5.73 Å². The topological polar surface area (TPSA) is 59.2 Å². The molecule has 118 valence electrons. The van der Waals surface area contributed by atoms with Gasteiger partial charge in [0.15, 0.2) is 0 Å². The second-order valence-corrected chi connectivity index (χ2v) is 6.57. The fourth-order valence-corrected chi connectivity index (χ4v) is 2.07. The summed E-state index contributed by atoms with van der Waals surface area (Å²) in [7, 11) is 0. The predicted molar refractivity (Wildman–Crippen MR) is 88.2 cm³/mol. The number of hydrogen-bond donors (Lipinski definition) is 1. The van der Waals surface area contributed by atoms with E-state index in [9.17, 15) is 4.79 Å². The average molecular weight is 291 g/mol. The van der Waals surface area contributed by atoms with Gasteiger partial charge in [-0.15, -0.1) is 0 Å². The lowest BCUT2D eigenvalue weighted by molar-refractivity contribution is 0.0741. The molecule has 0 atom stereocenters. The highest BCUT2D eigenvalue weighted by Gasteiger charge is 2.19. The molecule has 2 N–H and O–H groups in total. The Labute approximate surface area is 128 Å². The van der Waals surface area contributed by atoms with Gasteiger partial charge in [0.05, 0.1) is 5.56 Å². The maximum absolute atomic E-state index is 12.7. The largest absolute Gasteiger partial charge is 0.398 e. The maximum atomic E-state index is 12.7. The Bertz CT molecular complexity index is 457. The van der Waals surface area contributed by atoms with E-state index in [0.717, 1.165) is 31.6 Å². The third-order valence-electron chi connectivity index (χ3n) is 3.54. The zero-order valence-electron chi connectivity index (χ0n) is 14.0. The van der Waals surface area contributed by atoms with E-state index in [-0.39, 0.29) is 5.91 Å². The van der Waals surface area contributed by atoms with Crippen molar-refractivity contribution in [3.05, 3.63) is 23.5 Å². The first kappa shape index (κ1) is 17.5. The lowest BCUT2D eigenvalue weighted by atomic mass is 10.1. The van der Waals surface area contributed by atoms with Crippen molar-refractivity contribution in [1.82, 2.24) is 9.88 Å². The predicted octanol–water partition coefficient (Wildman–Crippen LogP) is 3.51.